The molecule has 0 aromatic heterocycles. The van der Waals surface area contributed by atoms with Crippen molar-refractivity contribution in [2.45, 2.75) is 25.7 Å². The second-order valence-electron chi connectivity index (χ2n) is 4.81. The van der Waals surface area contributed by atoms with Gasteiger partial charge in [0.05, 0.1) is 6.61 Å². The van der Waals surface area contributed by atoms with E-state index in [-0.39, 0.29) is 17.4 Å². The van der Waals surface area contributed by atoms with Crippen LogP contribution in [-0.4, -0.2) is 11.7 Å². The molecular formula is C12H15BrO. The third-order valence-corrected chi connectivity index (χ3v) is 4.11. The predicted octanol–water partition coefficient (Wildman–Crippen LogP) is 3.11. The second kappa shape index (κ2) is 3.07. The van der Waals surface area contributed by atoms with Gasteiger partial charge in [0.25, 0.3) is 0 Å². The number of hydrogen-bond acceptors (Lipinski definition) is 1. The van der Waals surface area contributed by atoms with Gasteiger partial charge in [-0.1, -0.05) is 41.9 Å². The normalized spacial score (nSPS) is 28.9. The standard InChI is InChI=1S/C12H15BrO/c1-11(2)7-12(11,8-14)9-3-5-10(13)6-4-9/h3-6,14H,7-8H2,1-2H3. The van der Waals surface area contributed by atoms with Gasteiger partial charge in [0, 0.05) is 9.89 Å². The van der Waals surface area contributed by atoms with Crippen molar-refractivity contribution in [3.63, 3.8) is 0 Å². The molecule has 2 heteroatoms. The van der Waals surface area contributed by atoms with Crippen LogP contribution < -0.4 is 0 Å². The Hall–Kier alpha value is -0.340. The molecule has 1 saturated carbocycles. The van der Waals surface area contributed by atoms with Gasteiger partial charge in [-0.3, -0.25) is 0 Å². The smallest absolute Gasteiger partial charge is 0.0533 e. The van der Waals surface area contributed by atoms with Crippen molar-refractivity contribution < 1.29 is 5.11 Å². The topological polar surface area (TPSA) is 20.2 Å². The van der Waals surface area contributed by atoms with Crippen molar-refractivity contribution in [3.05, 3.63) is 34.3 Å². The molecule has 1 aliphatic rings. The van der Waals surface area contributed by atoms with Crippen LogP contribution in [0.1, 0.15) is 25.8 Å². The molecule has 0 saturated heterocycles. The number of aliphatic hydroxyl groups excluding tert-OH is 1. The number of halogens is 1. The largest absolute Gasteiger partial charge is 0.395 e. The highest BCUT2D eigenvalue weighted by Gasteiger charge is 2.61. The van der Waals surface area contributed by atoms with Crippen LogP contribution in [0.3, 0.4) is 0 Å². The average molecular weight is 255 g/mol. The Balaban J connectivity index is 2.36. The van der Waals surface area contributed by atoms with E-state index < -0.39 is 0 Å². The summed E-state index contributed by atoms with van der Waals surface area (Å²) in [4.78, 5) is 0. The summed E-state index contributed by atoms with van der Waals surface area (Å²) in [6, 6.07) is 8.30. The highest BCUT2D eigenvalue weighted by atomic mass is 79.9. The third-order valence-electron chi connectivity index (χ3n) is 3.58. The van der Waals surface area contributed by atoms with E-state index in [9.17, 15) is 5.11 Å². The molecule has 1 aromatic carbocycles. The molecule has 0 amide bonds. The van der Waals surface area contributed by atoms with Crippen molar-refractivity contribution >= 4 is 15.9 Å². The number of rotatable bonds is 2. The minimum absolute atomic E-state index is 0.00764. The Morgan fingerprint density at radius 1 is 1.29 bits per heavy atom. The van der Waals surface area contributed by atoms with E-state index in [0.29, 0.717) is 0 Å². The molecule has 14 heavy (non-hydrogen) atoms. The van der Waals surface area contributed by atoms with E-state index >= 15 is 0 Å². The summed E-state index contributed by atoms with van der Waals surface area (Å²) >= 11 is 3.42. The number of aliphatic hydroxyl groups is 1. The van der Waals surface area contributed by atoms with E-state index in [4.69, 9.17) is 0 Å². The van der Waals surface area contributed by atoms with Crippen LogP contribution in [-0.2, 0) is 5.41 Å². The van der Waals surface area contributed by atoms with E-state index in [1.807, 2.05) is 12.1 Å². The molecule has 0 spiro atoms. The predicted molar refractivity (Wildman–Crippen MR) is 61.3 cm³/mol. The van der Waals surface area contributed by atoms with E-state index in [0.717, 1.165) is 10.9 Å². The van der Waals surface area contributed by atoms with Crippen molar-refractivity contribution in [1.82, 2.24) is 0 Å². The first-order valence-corrected chi connectivity index (χ1v) is 5.68. The molecule has 2 rings (SSSR count). The summed E-state index contributed by atoms with van der Waals surface area (Å²) in [5.74, 6) is 0. The fourth-order valence-electron chi connectivity index (χ4n) is 2.33. The summed E-state index contributed by atoms with van der Waals surface area (Å²) in [5, 5.41) is 9.50. The summed E-state index contributed by atoms with van der Waals surface area (Å²) in [6.07, 6.45) is 1.08. The molecule has 76 valence electrons. The minimum atomic E-state index is 0.00764. The summed E-state index contributed by atoms with van der Waals surface area (Å²) in [5.41, 5.74) is 1.51. The molecule has 1 unspecified atom stereocenters. The zero-order valence-electron chi connectivity index (χ0n) is 8.55. The van der Waals surface area contributed by atoms with Crippen LogP contribution in [0, 0.1) is 5.41 Å². The first kappa shape index (κ1) is 10.2. The molecule has 0 aliphatic heterocycles. The van der Waals surface area contributed by atoms with Gasteiger partial charge in [-0.05, 0) is 29.5 Å². The maximum Gasteiger partial charge on any atom is 0.0533 e. The van der Waals surface area contributed by atoms with Gasteiger partial charge in [-0.2, -0.15) is 0 Å². The van der Waals surface area contributed by atoms with Crippen LogP contribution in [0.2, 0.25) is 0 Å². The van der Waals surface area contributed by atoms with Crippen molar-refractivity contribution in [3.8, 4) is 0 Å². The molecular weight excluding hydrogens is 240 g/mol. The number of hydrogen-bond donors (Lipinski definition) is 1. The van der Waals surface area contributed by atoms with Crippen LogP contribution in [0.25, 0.3) is 0 Å². The SMILES string of the molecule is CC1(C)CC1(CO)c1ccc(Br)cc1. The Morgan fingerprint density at radius 2 is 1.79 bits per heavy atom. The monoisotopic (exact) mass is 254 g/mol. The molecule has 1 fully saturated rings. The zero-order chi connectivity index (χ0) is 10.4. The molecule has 1 aromatic rings. The van der Waals surface area contributed by atoms with Gasteiger partial charge in [0.15, 0.2) is 0 Å². The zero-order valence-corrected chi connectivity index (χ0v) is 10.1. The third kappa shape index (κ3) is 1.32. The van der Waals surface area contributed by atoms with Gasteiger partial charge < -0.3 is 5.11 Å². The first-order chi connectivity index (χ1) is 6.52. The fourth-order valence-corrected chi connectivity index (χ4v) is 2.60. The minimum Gasteiger partial charge on any atom is -0.395 e. The quantitative estimate of drug-likeness (QED) is 0.860. The van der Waals surface area contributed by atoms with Crippen molar-refractivity contribution in [2.24, 2.45) is 5.41 Å². The molecule has 1 aliphatic carbocycles. The maximum absolute atomic E-state index is 9.50. The lowest BCUT2D eigenvalue weighted by Crippen LogP contribution is -2.18. The Morgan fingerprint density at radius 3 is 2.14 bits per heavy atom. The highest BCUT2D eigenvalue weighted by molar-refractivity contribution is 9.10. The lowest BCUT2D eigenvalue weighted by atomic mass is 9.89. The second-order valence-corrected chi connectivity index (χ2v) is 5.72. The summed E-state index contributed by atoms with van der Waals surface area (Å²) in [7, 11) is 0. The first-order valence-electron chi connectivity index (χ1n) is 4.89. The van der Waals surface area contributed by atoms with Gasteiger partial charge in [-0.15, -0.1) is 0 Å². The average Bonchev–Trinajstić information content (AvgIpc) is 2.71. The highest BCUT2D eigenvalue weighted by Crippen LogP contribution is 2.63. The van der Waals surface area contributed by atoms with Gasteiger partial charge >= 0.3 is 0 Å². The Bertz CT molecular complexity index is 342. The molecule has 1 nitrogen and oxygen atoms in total. The maximum atomic E-state index is 9.50. The molecule has 1 atom stereocenters. The molecule has 1 N–H and O–H groups in total. The summed E-state index contributed by atoms with van der Waals surface area (Å²) < 4.78 is 1.09. The fraction of sp³-hybridized carbons (Fsp3) is 0.500. The lowest BCUT2D eigenvalue weighted by Gasteiger charge is -2.18. The van der Waals surface area contributed by atoms with Crippen LogP contribution in [0.4, 0.5) is 0 Å². The van der Waals surface area contributed by atoms with E-state index in [2.05, 4.69) is 41.9 Å². The van der Waals surface area contributed by atoms with Gasteiger partial charge in [-0.25, -0.2) is 0 Å². The summed E-state index contributed by atoms with van der Waals surface area (Å²) in [6.45, 7) is 4.68. The van der Waals surface area contributed by atoms with Crippen LogP contribution in [0.15, 0.2) is 28.7 Å². The Kier molecular flexibility index (Phi) is 2.24. The molecule has 0 heterocycles. The number of benzene rings is 1. The van der Waals surface area contributed by atoms with Crippen LogP contribution >= 0.6 is 15.9 Å². The van der Waals surface area contributed by atoms with Crippen LogP contribution in [0.5, 0.6) is 0 Å². The van der Waals surface area contributed by atoms with Gasteiger partial charge in [0.1, 0.15) is 0 Å². The van der Waals surface area contributed by atoms with E-state index in [1.54, 1.807) is 0 Å². The van der Waals surface area contributed by atoms with Gasteiger partial charge in [0.2, 0.25) is 0 Å². The molecule has 0 bridgehead atoms. The lowest BCUT2D eigenvalue weighted by molar-refractivity contribution is 0.231. The van der Waals surface area contributed by atoms with Crippen molar-refractivity contribution in [2.75, 3.05) is 6.61 Å². The Labute approximate surface area is 93.3 Å². The van der Waals surface area contributed by atoms with Crippen molar-refractivity contribution in [1.29, 1.82) is 0 Å². The molecule has 0 radical (unpaired) electrons. The van der Waals surface area contributed by atoms with E-state index in [1.165, 1.54) is 5.56 Å².